The van der Waals surface area contributed by atoms with Crippen LogP contribution in [0.2, 0.25) is 0 Å². The number of hydrogen-bond acceptors (Lipinski definition) is 3. The van der Waals surface area contributed by atoms with E-state index in [0.717, 1.165) is 16.3 Å². The van der Waals surface area contributed by atoms with Crippen molar-refractivity contribution in [2.75, 3.05) is 6.61 Å². The molecule has 0 radical (unpaired) electrons. The number of alkyl halides is 3. The molecular formula is C16H14F3N3O2. The zero-order valence-corrected chi connectivity index (χ0v) is 12.5. The molecule has 0 saturated heterocycles. The van der Waals surface area contributed by atoms with Crippen LogP contribution < -0.4 is 5.73 Å². The number of primary amides is 1. The number of rotatable bonds is 5. The molecule has 1 aromatic carbocycles. The number of carbonyl (C=O) groups excluding carboxylic acids is 1. The first kappa shape index (κ1) is 17.6. The number of amides is 1. The van der Waals surface area contributed by atoms with Gasteiger partial charge in [-0.15, -0.1) is 0 Å². The van der Waals surface area contributed by atoms with E-state index in [9.17, 15) is 18.0 Å². The maximum atomic E-state index is 12.4. The highest BCUT2D eigenvalue weighted by Gasteiger charge is 2.33. The van der Waals surface area contributed by atoms with Gasteiger partial charge >= 0.3 is 6.18 Å². The molecule has 0 atom stereocenters. The number of nitrogens with two attached hydrogens (primary N) is 1. The van der Waals surface area contributed by atoms with Gasteiger partial charge in [0.05, 0.1) is 6.61 Å². The van der Waals surface area contributed by atoms with E-state index >= 15 is 0 Å². The molecule has 1 heterocycles. The predicted octanol–water partition coefficient (Wildman–Crippen LogP) is 1.96. The Hall–Kier alpha value is -2.79. The second-order valence-electron chi connectivity index (χ2n) is 4.86. The highest BCUT2D eigenvalue weighted by Crippen LogP contribution is 2.27. The minimum Gasteiger partial charge on any atom is -0.368 e. The van der Waals surface area contributed by atoms with Crippen LogP contribution in [-0.4, -0.2) is 22.3 Å². The normalized spacial score (nSPS) is 11.0. The monoisotopic (exact) mass is 337 g/mol. The molecule has 5 nitrogen and oxygen atoms in total. The fourth-order valence-corrected chi connectivity index (χ4v) is 1.83. The molecule has 0 unspecified atom stereocenters. The summed E-state index contributed by atoms with van der Waals surface area (Å²) in [5.74, 6) is 5.04. The molecule has 126 valence electrons. The molecule has 0 bridgehead atoms. The fraction of sp³-hybridized carbons (Fsp3) is 0.250. The van der Waals surface area contributed by atoms with Crippen LogP contribution in [0.1, 0.15) is 16.8 Å². The average molecular weight is 337 g/mol. The van der Waals surface area contributed by atoms with Crippen LogP contribution in [0.3, 0.4) is 0 Å². The summed E-state index contributed by atoms with van der Waals surface area (Å²) in [6, 6.07) is 7.99. The minimum atomic E-state index is -4.46. The highest BCUT2D eigenvalue weighted by atomic mass is 19.4. The van der Waals surface area contributed by atoms with Crippen molar-refractivity contribution < 1.29 is 22.7 Å². The van der Waals surface area contributed by atoms with Crippen LogP contribution >= 0.6 is 0 Å². The van der Waals surface area contributed by atoms with Gasteiger partial charge in [-0.3, -0.25) is 9.48 Å². The van der Waals surface area contributed by atoms with E-state index in [2.05, 4.69) is 16.9 Å². The second kappa shape index (κ2) is 7.66. The van der Waals surface area contributed by atoms with Crippen molar-refractivity contribution in [1.29, 1.82) is 0 Å². The molecule has 0 spiro atoms. The lowest BCUT2D eigenvalue weighted by Crippen LogP contribution is -2.17. The molecule has 2 aromatic rings. The molecule has 0 aliphatic rings. The van der Waals surface area contributed by atoms with Crippen LogP contribution in [0.25, 0.3) is 0 Å². The smallest absolute Gasteiger partial charge is 0.368 e. The van der Waals surface area contributed by atoms with E-state index in [1.165, 1.54) is 6.20 Å². The Morgan fingerprint density at radius 1 is 1.33 bits per heavy atom. The second-order valence-corrected chi connectivity index (χ2v) is 4.86. The van der Waals surface area contributed by atoms with Crippen LogP contribution in [0.5, 0.6) is 0 Å². The van der Waals surface area contributed by atoms with E-state index in [4.69, 9.17) is 10.5 Å². The Kier molecular flexibility index (Phi) is 5.60. The molecule has 0 aliphatic carbocycles. The van der Waals surface area contributed by atoms with Crippen LogP contribution in [-0.2, 0) is 28.9 Å². The number of benzene rings is 1. The van der Waals surface area contributed by atoms with E-state index in [1.807, 2.05) is 0 Å². The summed E-state index contributed by atoms with van der Waals surface area (Å²) in [6.07, 6.45) is -3.23. The molecule has 0 saturated carbocycles. The van der Waals surface area contributed by atoms with E-state index < -0.39 is 17.8 Å². The maximum absolute atomic E-state index is 12.4. The van der Waals surface area contributed by atoms with Crippen LogP contribution in [0.15, 0.2) is 36.5 Å². The van der Waals surface area contributed by atoms with E-state index in [1.54, 1.807) is 24.3 Å². The Morgan fingerprint density at radius 2 is 2.12 bits per heavy atom. The lowest BCUT2D eigenvalue weighted by Gasteiger charge is -2.02. The summed E-state index contributed by atoms with van der Waals surface area (Å²) >= 11 is 0. The van der Waals surface area contributed by atoms with Crippen molar-refractivity contribution in [3.05, 3.63) is 53.3 Å². The SMILES string of the molecule is NC(=O)COCc1cccc(C#CCn2ccc(C(F)(F)F)n2)c1. The van der Waals surface area contributed by atoms with Crippen molar-refractivity contribution in [3.63, 3.8) is 0 Å². The molecule has 1 amide bonds. The third-order valence-corrected chi connectivity index (χ3v) is 2.84. The molecule has 8 heteroatoms. The zero-order valence-electron chi connectivity index (χ0n) is 12.5. The summed E-state index contributed by atoms with van der Waals surface area (Å²) in [6.45, 7) is 0.0851. The van der Waals surface area contributed by atoms with Gasteiger partial charge in [-0.05, 0) is 23.8 Å². The predicted molar refractivity (Wildman–Crippen MR) is 79.4 cm³/mol. The Balaban J connectivity index is 1.95. The van der Waals surface area contributed by atoms with Crippen molar-refractivity contribution in [2.45, 2.75) is 19.3 Å². The average Bonchev–Trinajstić information content (AvgIpc) is 2.96. The van der Waals surface area contributed by atoms with E-state index in [-0.39, 0.29) is 19.8 Å². The molecule has 24 heavy (non-hydrogen) atoms. The molecule has 2 rings (SSSR count). The summed E-state index contributed by atoms with van der Waals surface area (Å²) < 4.78 is 43.5. The maximum Gasteiger partial charge on any atom is 0.435 e. The largest absolute Gasteiger partial charge is 0.435 e. The molecule has 2 N–H and O–H groups in total. The van der Waals surface area contributed by atoms with E-state index in [0.29, 0.717) is 5.56 Å². The van der Waals surface area contributed by atoms with Gasteiger partial charge in [0.15, 0.2) is 5.69 Å². The summed E-state index contributed by atoms with van der Waals surface area (Å²) in [4.78, 5) is 10.6. The van der Waals surface area contributed by atoms with Gasteiger partial charge in [-0.1, -0.05) is 24.0 Å². The highest BCUT2D eigenvalue weighted by molar-refractivity contribution is 5.74. The van der Waals surface area contributed by atoms with Gasteiger partial charge < -0.3 is 10.5 Å². The number of carbonyl (C=O) groups is 1. The van der Waals surface area contributed by atoms with Crippen molar-refractivity contribution in [1.82, 2.24) is 9.78 Å². The topological polar surface area (TPSA) is 70.1 Å². The number of halogens is 3. The van der Waals surface area contributed by atoms with Crippen molar-refractivity contribution >= 4 is 5.91 Å². The quantitative estimate of drug-likeness (QED) is 0.848. The van der Waals surface area contributed by atoms with Crippen molar-refractivity contribution in [2.24, 2.45) is 5.73 Å². The Bertz CT molecular complexity index is 773. The molecular weight excluding hydrogens is 323 g/mol. The molecule has 0 aliphatic heterocycles. The van der Waals surface area contributed by atoms with Gasteiger partial charge in [0.1, 0.15) is 13.2 Å². The third kappa shape index (κ3) is 5.44. The van der Waals surface area contributed by atoms with Gasteiger partial charge in [-0.2, -0.15) is 18.3 Å². The number of hydrogen-bond donors (Lipinski definition) is 1. The Labute approximate surface area is 136 Å². The third-order valence-electron chi connectivity index (χ3n) is 2.84. The number of aromatic nitrogens is 2. The first-order valence-electron chi connectivity index (χ1n) is 6.89. The van der Waals surface area contributed by atoms with Crippen molar-refractivity contribution in [3.8, 4) is 11.8 Å². The minimum absolute atomic E-state index is 0.0402. The molecule has 1 aromatic heterocycles. The summed E-state index contributed by atoms with van der Waals surface area (Å²) in [5.41, 5.74) is 5.51. The fourth-order valence-electron chi connectivity index (χ4n) is 1.83. The Morgan fingerprint density at radius 3 is 2.79 bits per heavy atom. The number of ether oxygens (including phenoxy) is 1. The zero-order chi connectivity index (χ0) is 17.6. The lowest BCUT2D eigenvalue weighted by molar-refractivity contribution is -0.141. The van der Waals surface area contributed by atoms with Gasteiger partial charge in [-0.25, -0.2) is 0 Å². The van der Waals surface area contributed by atoms with Crippen LogP contribution in [0, 0.1) is 11.8 Å². The first-order chi connectivity index (χ1) is 11.3. The van der Waals surface area contributed by atoms with Gasteiger partial charge in [0.2, 0.25) is 5.91 Å². The van der Waals surface area contributed by atoms with Crippen LogP contribution in [0.4, 0.5) is 13.2 Å². The summed E-state index contributed by atoms with van der Waals surface area (Å²) in [7, 11) is 0. The summed E-state index contributed by atoms with van der Waals surface area (Å²) in [5, 5.41) is 3.41. The molecule has 0 fully saturated rings. The standard InChI is InChI=1S/C16H14F3N3O2/c17-16(18,19)14-6-8-22(21-14)7-2-5-12-3-1-4-13(9-12)10-24-11-15(20)23/h1,3-4,6,8-9H,7,10-11H2,(H2,20,23). The lowest BCUT2D eigenvalue weighted by atomic mass is 10.1. The van der Waals surface area contributed by atoms with Gasteiger partial charge in [0.25, 0.3) is 0 Å². The first-order valence-corrected chi connectivity index (χ1v) is 6.89. The number of nitrogens with zero attached hydrogens (tertiary/aromatic N) is 2. The van der Waals surface area contributed by atoms with Gasteiger partial charge in [0, 0.05) is 11.8 Å².